The molecule has 0 bridgehead atoms. The number of Topliss-reactive ketones (excluding diaryl/α,β-unsaturated/α-hetero) is 1. The number of aliphatic hydroxyl groups excluding tert-OH is 1. The average molecular weight is 474 g/mol. The Balaban J connectivity index is 1.72. The van der Waals surface area contributed by atoms with Gasteiger partial charge in [-0.2, -0.15) is 0 Å². The summed E-state index contributed by atoms with van der Waals surface area (Å²) < 4.78 is 19.2. The number of amides is 1. The lowest BCUT2D eigenvalue weighted by atomic mass is 9.95. The highest BCUT2D eigenvalue weighted by molar-refractivity contribution is 6.46. The lowest BCUT2D eigenvalue weighted by Crippen LogP contribution is -2.29. The summed E-state index contributed by atoms with van der Waals surface area (Å²) in [6.07, 6.45) is 3.17. The quantitative estimate of drug-likeness (QED) is 0.179. The number of nitrogens with zero attached hydrogens (tertiary/aromatic N) is 1. The number of halogens is 1. The van der Waals surface area contributed by atoms with E-state index in [-0.39, 0.29) is 23.4 Å². The Morgan fingerprint density at radius 3 is 2.29 bits per heavy atom. The van der Waals surface area contributed by atoms with E-state index in [1.54, 1.807) is 0 Å². The van der Waals surface area contributed by atoms with Crippen LogP contribution in [-0.4, -0.2) is 28.3 Å². The molecule has 5 nitrogen and oxygen atoms in total. The fourth-order valence-corrected chi connectivity index (χ4v) is 4.22. The maximum atomic E-state index is 13.4. The van der Waals surface area contributed by atoms with E-state index in [4.69, 9.17) is 4.74 Å². The Hall–Kier alpha value is -3.93. The van der Waals surface area contributed by atoms with Crippen molar-refractivity contribution in [2.75, 3.05) is 6.61 Å². The van der Waals surface area contributed by atoms with Crippen LogP contribution in [0.2, 0.25) is 0 Å². The lowest BCUT2D eigenvalue weighted by Gasteiger charge is -2.25. The second-order valence-electron chi connectivity index (χ2n) is 8.54. The molecule has 1 unspecified atom stereocenters. The molecule has 3 aromatic rings. The van der Waals surface area contributed by atoms with Gasteiger partial charge in [0.25, 0.3) is 11.7 Å². The summed E-state index contributed by atoms with van der Waals surface area (Å²) >= 11 is 0. The number of carbonyl (C=O) groups excluding carboxylic acids is 2. The number of unbranched alkanes of at least 4 members (excludes halogenated alkanes) is 2. The van der Waals surface area contributed by atoms with Crippen molar-refractivity contribution >= 4 is 17.4 Å². The van der Waals surface area contributed by atoms with Gasteiger partial charge in [0.15, 0.2) is 0 Å². The maximum Gasteiger partial charge on any atom is 0.295 e. The van der Waals surface area contributed by atoms with Gasteiger partial charge in [-0.15, -0.1) is 0 Å². The smallest absolute Gasteiger partial charge is 0.295 e. The van der Waals surface area contributed by atoms with Gasteiger partial charge in [0.05, 0.1) is 18.2 Å². The van der Waals surface area contributed by atoms with Crippen LogP contribution in [0, 0.1) is 5.82 Å². The molecule has 1 fully saturated rings. The number of likely N-dealkylation sites (tertiary alicyclic amines) is 1. The first-order valence-corrected chi connectivity index (χ1v) is 11.8. The van der Waals surface area contributed by atoms with Crippen molar-refractivity contribution in [3.05, 3.63) is 107 Å². The van der Waals surface area contributed by atoms with Gasteiger partial charge in [-0.25, -0.2) is 4.39 Å². The first-order valence-electron chi connectivity index (χ1n) is 11.8. The first kappa shape index (κ1) is 24.2. The van der Waals surface area contributed by atoms with Crippen LogP contribution in [0.1, 0.15) is 48.9 Å². The predicted octanol–water partition coefficient (Wildman–Crippen LogP) is 6.02. The van der Waals surface area contributed by atoms with Gasteiger partial charge >= 0.3 is 0 Å². The van der Waals surface area contributed by atoms with E-state index in [2.05, 4.69) is 6.92 Å². The summed E-state index contributed by atoms with van der Waals surface area (Å²) in [5.74, 6) is -1.56. The number of rotatable bonds is 9. The Bertz CT molecular complexity index is 1200. The van der Waals surface area contributed by atoms with Crippen molar-refractivity contribution in [1.82, 2.24) is 4.90 Å². The van der Waals surface area contributed by atoms with E-state index in [0.717, 1.165) is 24.8 Å². The summed E-state index contributed by atoms with van der Waals surface area (Å²) in [4.78, 5) is 27.7. The Kier molecular flexibility index (Phi) is 7.60. The monoisotopic (exact) mass is 473 g/mol. The molecule has 0 aliphatic carbocycles. The Labute approximate surface area is 204 Å². The minimum absolute atomic E-state index is 0.0193. The molecule has 1 atom stereocenters. The van der Waals surface area contributed by atoms with E-state index >= 15 is 0 Å². The van der Waals surface area contributed by atoms with E-state index in [0.29, 0.717) is 17.9 Å². The minimum atomic E-state index is -0.797. The molecule has 0 saturated carbocycles. The molecule has 1 heterocycles. The van der Waals surface area contributed by atoms with Gasteiger partial charge in [-0.1, -0.05) is 62.2 Å². The largest absolute Gasteiger partial charge is 0.507 e. The van der Waals surface area contributed by atoms with Crippen molar-refractivity contribution in [2.24, 2.45) is 0 Å². The predicted molar refractivity (Wildman–Crippen MR) is 132 cm³/mol. The van der Waals surface area contributed by atoms with Crippen molar-refractivity contribution < 1.29 is 23.8 Å². The lowest BCUT2D eigenvalue weighted by molar-refractivity contribution is -0.140. The van der Waals surface area contributed by atoms with Crippen molar-refractivity contribution in [2.45, 2.75) is 38.8 Å². The topological polar surface area (TPSA) is 66.8 Å². The fourth-order valence-electron chi connectivity index (χ4n) is 4.22. The standard InChI is InChI=1S/C29H28FNO4/c1-2-3-7-18-35-24-16-12-21(13-17-24)26-25(27(32)22-10-14-23(30)15-11-22)28(33)29(34)31(26)19-20-8-5-4-6-9-20/h4-6,8-17,26,32H,2-3,7,18-19H2,1H3/b27-25+. The molecule has 6 heteroatoms. The maximum absolute atomic E-state index is 13.4. The third-order valence-corrected chi connectivity index (χ3v) is 6.07. The van der Waals surface area contributed by atoms with Crippen LogP contribution in [0.3, 0.4) is 0 Å². The summed E-state index contributed by atoms with van der Waals surface area (Å²) in [5.41, 5.74) is 1.78. The molecule has 0 aromatic heterocycles. The molecule has 1 saturated heterocycles. The Morgan fingerprint density at radius 1 is 0.943 bits per heavy atom. The number of ether oxygens (including phenoxy) is 1. The van der Waals surface area contributed by atoms with Gasteiger partial charge in [0, 0.05) is 12.1 Å². The molecule has 3 aromatic carbocycles. The van der Waals surface area contributed by atoms with Gasteiger partial charge < -0.3 is 14.7 Å². The van der Waals surface area contributed by atoms with Crippen LogP contribution in [0.15, 0.2) is 84.4 Å². The van der Waals surface area contributed by atoms with Crippen molar-refractivity contribution in [1.29, 1.82) is 0 Å². The molecule has 1 N–H and O–H groups in total. The normalized spacial score (nSPS) is 17.1. The van der Waals surface area contributed by atoms with E-state index in [9.17, 15) is 19.1 Å². The zero-order valence-electron chi connectivity index (χ0n) is 19.6. The van der Waals surface area contributed by atoms with Crippen LogP contribution < -0.4 is 4.74 Å². The van der Waals surface area contributed by atoms with E-state index < -0.39 is 23.5 Å². The highest BCUT2D eigenvalue weighted by Gasteiger charge is 2.46. The van der Waals surface area contributed by atoms with Crippen LogP contribution in [0.4, 0.5) is 4.39 Å². The van der Waals surface area contributed by atoms with Gasteiger partial charge in [-0.05, 0) is 53.9 Å². The SMILES string of the molecule is CCCCCOc1ccc(C2/C(=C(\O)c3ccc(F)cc3)C(=O)C(=O)N2Cc2ccccc2)cc1. The molecule has 1 aliphatic rings. The second kappa shape index (κ2) is 11.0. The van der Waals surface area contributed by atoms with E-state index in [1.807, 2.05) is 54.6 Å². The third-order valence-electron chi connectivity index (χ3n) is 6.07. The van der Waals surface area contributed by atoms with Gasteiger partial charge in [0.1, 0.15) is 17.3 Å². The summed E-state index contributed by atoms with van der Waals surface area (Å²) in [7, 11) is 0. The summed E-state index contributed by atoms with van der Waals surface area (Å²) in [5, 5.41) is 11.1. The molecule has 0 spiro atoms. The molecular formula is C29H28FNO4. The second-order valence-corrected chi connectivity index (χ2v) is 8.54. The van der Waals surface area contributed by atoms with E-state index in [1.165, 1.54) is 29.2 Å². The van der Waals surface area contributed by atoms with Crippen LogP contribution >= 0.6 is 0 Å². The highest BCUT2D eigenvalue weighted by Crippen LogP contribution is 2.40. The number of aliphatic hydroxyl groups is 1. The minimum Gasteiger partial charge on any atom is -0.507 e. The summed E-state index contributed by atoms with van der Waals surface area (Å²) in [6.45, 7) is 2.95. The number of hydrogen-bond acceptors (Lipinski definition) is 4. The van der Waals surface area contributed by atoms with Crippen LogP contribution in [0.25, 0.3) is 5.76 Å². The van der Waals surface area contributed by atoms with Crippen LogP contribution in [0.5, 0.6) is 5.75 Å². The zero-order chi connectivity index (χ0) is 24.8. The number of hydrogen-bond donors (Lipinski definition) is 1. The average Bonchev–Trinajstić information content (AvgIpc) is 3.12. The molecular weight excluding hydrogens is 445 g/mol. The van der Waals surface area contributed by atoms with Gasteiger partial charge in [-0.3, -0.25) is 9.59 Å². The molecule has 180 valence electrons. The van der Waals surface area contributed by atoms with Crippen molar-refractivity contribution in [3.63, 3.8) is 0 Å². The Morgan fingerprint density at radius 2 is 1.63 bits per heavy atom. The fraction of sp³-hybridized carbons (Fsp3) is 0.241. The van der Waals surface area contributed by atoms with Crippen LogP contribution in [-0.2, 0) is 16.1 Å². The molecule has 0 radical (unpaired) electrons. The first-order chi connectivity index (χ1) is 17.0. The van der Waals surface area contributed by atoms with Crippen molar-refractivity contribution in [3.8, 4) is 5.75 Å². The summed E-state index contributed by atoms with van der Waals surface area (Å²) in [6, 6.07) is 21.0. The van der Waals surface area contributed by atoms with Gasteiger partial charge in [0.2, 0.25) is 0 Å². The zero-order valence-corrected chi connectivity index (χ0v) is 19.6. The number of carbonyl (C=O) groups is 2. The number of benzene rings is 3. The molecule has 35 heavy (non-hydrogen) atoms. The number of ketones is 1. The molecule has 1 amide bonds. The third kappa shape index (κ3) is 5.43. The molecule has 4 rings (SSSR count). The highest BCUT2D eigenvalue weighted by atomic mass is 19.1. The molecule has 1 aliphatic heterocycles.